The van der Waals surface area contributed by atoms with E-state index in [0.29, 0.717) is 6.61 Å². The van der Waals surface area contributed by atoms with Crippen molar-refractivity contribution in [2.24, 2.45) is 17.3 Å². The van der Waals surface area contributed by atoms with Crippen molar-refractivity contribution < 1.29 is 14.6 Å². The zero-order valence-corrected chi connectivity index (χ0v) is 15.3. The quantitative estimate of drug-likeness (QED) is 0.530. The van der Waals surface area contributed by atoms with Gasteiger partial charge < -0.3 is 9.84 Å². The summed E-state index contributed by atoms with van der Waals surface area (Å²) in [6.45, 7) is 7.20. The third-order valence-electron chi connectivity index (χ3n) is 5.06. The summed E-state index contributed by atoms with van der Waals surface area (Å²) in [5, 5.41) is 10.00. The summed E-state index contributed by atoms with van der Waals surface area (Å²) in [5.41, 5.74) is 0.491. The molecule has 0 saturated heterocycles. The van der Waals surface area contributed by atoms with E-state index in [4.69, 9.17) is 4.74 Å². The van der Waals surface area contributed by atoms with Crippen LogP contribution in [0.5, 0.6) is 0 Å². The summed E-state index contributed by atoms with van der Waals surface area (Å²) in [5.74, 6) is 0.0971. The van der Waals surface area contributed by atoms with E-state index in [1.54, 1.807) is 7.11 Å². The lowest BCUT2D eigenvalue weighted by Gasteiger charge is -2.38. The number of carbonyl (C=O) groups is 1. The van der Waals surface area contributed by atoms with Crippen LogP contribution in [0.2, 0.25) is 0 Å². The van der Waals surface area contributed by atoms with E-state index < -0.39 is 11.4 Å². The number of hydrogen-bond acceptors (Lipinski definition) is 2. The van der Waals surface area contributed by atoms with Gasteiger partial charge in [0.05, 0.1) is 5.41 Å². The van der Waals surface area contributed by atoms with Crippen LogP contribution in [0, 0.1) is 17.3 Å². The highest BCUT2D eigenvalue weighted by Gasteiger charge is 2.45. The van der Waals surface area contributed by atoms with Crippen molar-refractivity contribution in [3.05, 3.63) is 23.8 Å². The molecule has 1 N–H and O–H groups in total. The number of unbranched alkanes of at least 4 members (excludes halogenated alkanes) is 2. The van der Waals surface area contributed by atoms with Crippen molar-refractivity contribution >= 4 is 5.97 Å². The Bertz CT molecular complexity index is 423. The predicted molar refractivity (Wildman–Crippen MR) is 95.5 cm³/mol. The third kappa shape index (κ3) is 5.49. The molecular formula is C20H34O3. The zero-order chi connectivity index (χ0) is 17.3. The number of allylic oxidation sites excluding steroid dienone is 3. The molecule has 132 valence electrons. The van der Waals surface area contributed by atoms with Crippen molar-refractivity contribution in [3.8, 4) is 0 Å². The Morgan fingerprint density at radius 1 is 1.35 bits per heavy atom. The molecule has 0 radical (unpaired) electrons. The Hall–Kier alpha value is -1.09. The van der Waals surface area contributed by atoms with Gasteiger partial charge in [-0.1, -0.05) is 70.3 Å². The average molecular weight is 322 g/mol. The van der Waals surface area contributed by atoms with Crippen molar-refractivity contribution in [3.63, 3.8) is 0 Å². The van der Waals surface area contributed by atoms with Gasteiger partial charge in [0, 0.05) is 19.6 Å². The first-order valence-electron chi connectivity index (χ1n) is 9.08. The van der Waals surface area contributed by atoms with Gasteiger partial charge >= 0.3 is 5.97 Å². The molecule has 2 atom stereocenters. The molecule has 0 amide bonds. The second kappa shape index (κ2) is 9.92. The monoisotopic (exact) mass is 322 g/mol. The predicted octanol–water partition coefficient (Wildman–Crippen LogP) is 5.22. The van der Waals surface area contributed by atoms with Gasteiger partial charge in [-0.3, -0.25) is 4.79 Å². The fourth-order valence-electron chi connectivity index (χ4n) is 3.68. The van der Waals surface area contributed by atoms with Crippen LogP contribution in [0.1, 0.15) is 65.7 Å². The molecule has 3 nitrogen and oxygen atoms in total. The normalized spacial score (nSPS) is 24.0. The molecule has 0 aromatic rings. The van der Waals surface area contributed by atoms with Crippen LogP contribution >= 0.6 is 0 Å². The molecule has 0 aromatic carbocycles. The second-order valence-electron chi connectivity index (χ2n) is 7.13. The minimum absolute atomic E-state index is 0.0556. The third-order valence-corrected chi connectivity index (χ3v) is 5.06. The Morgan fingerprint density at radius 2 is 2.09 bits per heavy atom. The number of rotatable bonds is 11. The first-order chi connectivity index (χ1) is 11.0. The summed E-state index contributed by atoms with van der Waals surface area (Å²) in [4.78, 5) is 12.2. The number of ether oxygens (including phenoxy) is 1. The summed E-state index contributed by atoms with van der Waals surface area (Å²) in [6, 6.07) is 0. The summed E-state index contributed by atoms with van der Waals surface area (Å²) in [6.07, 6.45) is 12.9. The Morgan fingerprint density at radius 3 is 2.65 bits per heavy atom. The van der Waals surface area contributed by atoms with E-state index in [1.165, 1.54) is 18.4 Å². The molecule has 1 rings (SSSR count). The van der Waals surface area contributed by atoms with Crippen LogP contribution in [-0.2, 0) is 9.53 Å². The van der Waals surface area contributed by atoms with Crippen LogP contribution in [0.25, 0.3) is 0 Å². The van der Waals surface area contributed by atoms with Gasteiger partial charge in [-0.25, -0.2) is 0 Å². The first-order valence-corrected chi connectivity index (χ1v) is 9.08. The lowest BCUT2D eigenvalue weighted by atomic mass is 9.64. The SMILES string of the molecule is CCC1=CC=CC(CCCCCC(C)C)(C(=O)O)C1CCOC. The highest BCUT2D eigenvalue weighted by atomic mass is 16.5. The summed E-state index contributed by atoms with van der Waals surface area (Å²) >= 11 is 0. The molecule has 1 aliphatic carbocycles. The van der Waals surface area contributed by atoms with E-state index in [0.717, 1.165) is 38.0 Å². The fourth-order valence-corrected chi connectivity index (χ4v) is 3.68. The van der Waals surface area contributed by atoms with Gasteiger partial charge in [-0.15, -0.1) is 0 Å². The maximum atomic E-state index is 12.2. The van der Waals surface area contributed by atoms with Gasteiger partial charge in [0.2, 0.25) is 0 Å². The molecule has 0 saturated carbocycles. The van der Waals surface area contributed by atoms with Crippen LogP contribution in [0.15, 0.2) is 23.8 Å². The fraction of sp³-hybridized carbons (Fsp3) is 0.750. The minimum Gasteiger partial charge on any atom is -0.481 e. The molecule has 0 fully saturated rings. The Balaban J connectivity index is 2.80. The van der Waals surface area contributed by atoms with E-state index in [2.05, 4.69) is 26.8 Å². The molecule has 0 heterocycles. The molecule has 3 heteroatoms. The lowest BCUT2D eigenvalue weighted by Crippen LogP contribution is -2.40. The maximum Gasteiger partial charge on any atom is 0.314 e. The molecule has 23 heavy (non-hydrogen) atoms. The average Bonchev–Trinajstić information content (AvgIpc) is 2.52. The van der Waals surface area contributed by atoms with Gasteiger partial charge in [0.15, 0.2) is 0 Å². The second-order valence-corrected chi connectivity index (χ2v) is 7.13. The molecule has 0 spiro atoms. The van der Waals surface area contributed by atoms with Crippen LogP contribution in [-0.4, -0.2) is 24.8 Å². The maximum absolute atomic E-state index is 12.2. The van der Waals surface area contributed by atoms with E-state index in [-0.39, 0.29) is 5.92 Å². The van der Waals surface area contributed by atoms with Crippen molar-refractivity contribution in [1.29, 1.82) is 0 Å². The summed E-state index contributed by atoms with van der Waals surface area (Å²) < 4.78 is 5.24. The summed E-state index contributed by atoms with van der Waals surface area (Å²) in [7, 11) is 1.68. The molecule has 0 bridgehead atoms. The number of carboxylic acids is 1. The van der Waals surface area contributed by atoms with Crippen molar-refractivity contribution in [2.45, 2.75) is 65.7 Å². The number of methoxy groups -OCH3 is 1. The highest BCUT2D eigenvalue weighted by Crippen LogP contribution is 2.45. The van der Waals surface area contributed by atoms with Gasteiger partial charge in [0.1, 0.15) is 0 Å². The van der Waals surface area contributed by atoms with Crippen LogP contribution < -0.4 is 0 Å². The van der Waals surface area contributed by atoms with E-state index >= 15 is 0 Å². The van der Waals surface area contributed by atoms with Crippen LogP contribution in [0.3, 0.4) is 0 Å². The topological polar surface area (TPSA) is 46.5 Å². The Labute approximate surface area is 141 Å². The molecular weight excluding hydrogens is 288 g/mol. The minimum atomic E-state index is -0.754. The van der Waals surface area contributed by atoms with Crippen LogP contribution in [0.4, 0.5) is 0 Å². The smallest absolute Gasteiger partial charge is 0.314 e. The first kappa shape index (κ1) is 20.0. The van der Waals surface area contributed by atoms with Gasteiger partial charge in [-0.05, 0) is 25.2 Å². The highest BCUT2D eigenvalue weighted by molar-refractivity contribution is 5.79. The number of hydrogen-bond donors (Lipinski definition) is 1. The Kier molecular flexibility index (Phi) is 8.60. The lowest BCUT2D eigenvalue weighted by molar-refractivity contribution is -0.149. The zero-order valence-electron chi connectivity index (χ0n) is 15.3. The number of aliphatic carboxylic acids is 1. The van der Waals surface area contributed by atoms with Crippen molar-refractivity contribution in [2.75, 3.05) is 13.7 Å². The van der Waals surface area contributed by atoms with Gasteiger partial charge in [0.25, 0.3) is 0 Å². The van der Waals surface area contributed by atoms with E-state index in [1.807, 2.05) is 12.2 Å². The number of carboxylic acid groups (broad SMARTS) is 1. The molecule has 2 unspecified atom stereocenters. The standard InChI is InChI=1S/C20H34O3/c1-5-17-11-9-14-20(19(21)22,18(17)12-15-23-4)13-8-6-7-10-16(2)3/h9,11,14,16,18H,5-8,10,12-13,15H2,1-4H3,(H,21,22). The molecule has 0 aliphatic heterocycles. The van der Waals surface area contributed by atoms with Crippen molar-refractivity contribution in [1.82, 2.24) is 0 Å². The van der Waals surface area contributed by atoms with E-state index in [9.17, 15) is 9.90 Å². The molecule has 0 aromatic heterocycles. The largest absolute Gasteiger partial charge is 0.481 e. The van der Waals surface area contributed by atoms with Gasteiger partial charge in [-0.2, -0.15) is 0 Å². The molecule has 1 aliphatic rings.